The molecule has 23 heavy (non-hydrogen) atoms. The Morgan fingerprint density at radius 3 is 2.04 bits per heavy atom. The molecule has 0 bridgehead atoms. The topological polar surface area (TPSA) is 69.6 Å². The van der Waals surface area contributed by atoms with E-state index in [-0.39, 0.29) is 0 Å². The number of hydrogen-bond donors (Lipinski definition) is 2. The van der Waals surface area contributed by atoms with E-state index in [1.54, 1.807) is 48.5 Å². The predicted octanol–water partition coefficient (Wildman–Crippen LogP) is 3.72. The van der Waals surface area contributed by atoms with Gasteiger partial charge in [-0.15, -0.1) is 0 Å². The van der Waals surface area contributed by atoms with Gasteiger partial charge in [0.05, 0.1) is 6.04 Å². The molecule has 1 aliphatic rings. The number of carboxylic acids is 1. The summed E-state index contributed by atoms with van der Waals surface area (Å²) < 4.78 is 0. The third-order valence-corrected chi connectivity index (χ3v) is 4.18. The van der Waals surface area contributed by atoms with E-state index >= 15 is 0 Å². The van der Waals surface area contributed by atoms with Crippen LogP contribution in [-0.4, -0.2) is 23.1 Å². The molecular formula is C16H12Cl2N2O3. The van der Waals surface area contributed by atoms with E-state index in [9.17, 15) is 14.7 Å². The SMILES string of the molecule is O=C(O)C1NC(=O)N(c2ccc(Cl)cc2)C1c1ccc(Cl)cc1. The Bertz CT molecular complexity index is 747. The Balaban J connectivity index is 2.07. The number of anilines is 1. The van der Waals surface area contributed by atoms with E-state index in [1.807, 2.05) is 0 Å². The van der Waals surface area contributed by atoms with E-state index in [1.165, 1.54) is 4.90 Å². The van der Waals surface area contributed by atoms with Crippen molar-refractivity contribution >= 4 is 40.9 Å². The van der Waals surface area contributed by atoms with Crippen molar-refractivity contribution in [2.45, 2.75) is 12.1 Å². The first-order chi connectivity index (χ1) is 11.0. The normalized spacial score (nSPS) is 20.4. The van der Waals surface area contributed by atoms with Crippen molar-refractivity contribution in [1.82, 2.24) is 5.32 Å². The van der Waals surface area contributed by atoms with Gasteiger partial charge >= 0.3 is 12.0 Å². The highest BCUT2D eigenvalue weighted by atomic mass is 35.5. The second-order valence-electron chi connectivity index (χ2n) is 5.11. The number of carboxylic acid groups (broad SMARTS) is 1. The van der Waals surface area contributed by atoms with Gasteiger partial charge in [-0.3, -0.25) is 4.90 Å². The van der Waals surface area contributed by atoms with Crippen molar-refractivity contribution in [3.63, 3.8) is 0 Å². The van der Waals surface area contributed by atoms with Crippen LogP contribution in [0.4, 0.5) is 10.5 Å². The van der Waals surface area contributed by atoms with E-state index < -0.39 is 24.1 Å². The number of amides is 2. The summed E-state index contributed by atoms with van der Waals surface area (Å²) in [6.45, 7) is 0. The average Bonchev–Trinajstić information content (AvgIpc) is 2.87. The number of nitrogens with one attached hydrogen (secondary N) is 1. The molecule has 1 heterocycles. The van der Waals surface area contributed by atoms with E-state index in [4.69, 9.17) is 23.2 Å². The molecule has 5 nitrogen and oxygen atoms in total. The minimum absolute atomic E-state index is 0.473. The smallest absolute Gasteiger partial charge is 0.328 e. The number of carbonyl (C=O) groups excluding carboxylic acids is 1. The first-order valence-corrected chi connectivity index (χ1v) is 7.56. The molecule has 1 saturated heterocycles. The zero-order chi connectivity index (χ0) is 16.6. The summed E-state index contributed by atoms with van der Waals surface area (Å²) in [5.74, 6) is -1.10. The quantitative estimate of drug-likeness (QED) is 0.886. The Hall–Kier alpha value is -2.24. The molecule has 0 spiro atoms. The molecule has 2 aromatic carbocycles. The van der Waals surface area contributed by atoms with Gasteiger partial charge in [0.1, 0.15) is 0 Å². The summed E-state index contributed by atoms with van der Waals surface area (Å²) >= 11 is 11.8. The van der Waals surface area contributed by atoms with Crippen LogP contribution in [0.15, 0.2) is 48.5 Å². The molecule has 2 amide bonds. The summed E-state index contributed by atoms with van der Waals surface area (Å²) in [5, 5.41) is 13.0. The van der Waals surface area contributed by atoms with Gasteiger partial charge in [-0.1, -0.05) is 35.3 Å². The van der Waals surface area contributed by atoms with Crippen LogP contribution in [0.5, 0.6) is 0 Å². The molecule has 118 valence electrons. The molecule has 3 rings (SSSR count). The summed E-state index contributed by atoms with van der Waals surface area (Å²) in [7, 11) is 0. The van der Waals surface area contributed by atoms with Gasteiger partial charge in [-0.05, 0) is 42.0 Å². The average molecular weight is 351 g/mol. The van der Waals surface area contributed by atoms with Gasteiger partial charge in [0.2, 0.25) is 0 Å². The first-order valence-electron chi connectivity index (χ1n) is 6.81. The Morgan fingerprint density at radius 2 is 1.52 bits per heavy atom. The van der Waals surface area contributed by atoms with Gasteiger partial charge in [0, 0.05) is 15.7 Å². The molecule has 2 unspecified atom stereocenters. The van der Waals surface area contributed by atoms with Crippen molar-refractivity contribution in [3.05, 3.63) is 64.1 Å². The number of halogens is 2. The minimum atomic E-state index is -1.10. The maximum absolute atomic E-state index is 12.3. The second-order valence-corrected chi connectivity index (χ2v) is 5.98. The molecule has 1 fully saturated rings. The lowest BCUT2D eigenvalue weighted by Gasteiger charge is -2.25. The molecule has 2 atom stereocenters. The Morgan fingerprint density at radius 1 is 1.00 bits per heavy atom. The van der Waals surface area contributed by atoms with E-state index in [0.29, 0.717) is 21.3 Å². The van der Waals surface area contributed by atoms with E-state index in [2.05, 4.69) is 5.32 Å². The number of hydrogen-bond acceptors (Lipinski definition) is 2. The van der Waals surface area contributed by atoms with Gasteiger partial charge in [0.25, 0.3) is 0 Å². The molecule has 0 saturated carbocycles. The molecule has 2 N–H and O–H groups in total. The minimum Gasteiger partial charge on any atom is -0.480 e. The maximum atomic E-state index is 12.3. The lowest BCUT2D eigenvalue weighted by Crippen LogP contribution is -2.35. The van der Waals surface area contributed by atoms with Crippen molar-refractivity contribution in [2.75, 3.05) is 4.90 Å². The maximum Gasteiger partial charge on any atom is 0.328 e. The van der Waals surface area contributed by atoms with Crippen LogP contribution in [0.25, 0.3) is 0 Å². The summed E-state index contributed by atoms with van der Waals surface area (Å²) in [6, 6.07) is 11.2. The van der Waals surface area contributed by atoms with Crippen LogP contribution < -0.4 is 10.2 Å². The molecule has 7 heteroatoms. The number of benzene rings is 2. The molecule has 2 aromatic rings. The van der Waals surface area contributed by atoms with Crippen molar-refractivity contribution in [3.8, 4) is 0 Å². The molecule has 1 aliphatic heterocycles. The third-order valence-electron chi connectivity index (χ3n) is 3.67. The van der Waals surface area contributed by atoms with Crippen molar-refractivity contribution < 1.29 is 14.7 Å². The summed E-state index contributed by atoms with van der Waals surface area (Å²) in [4.78, 5) is 25.3. The Kier molecular flexibility index (Phi) is 4.15. The van der Waals surface area contributed by atoms with Crippen molar-refractivity contribution in [1.29, 1.82) is 0 Å². The van der Waals surface area contributed by atoms with Gasteiger partial charge < -0.3 is 10.4 Å². The zero-order valence-corrected chi connectivity index (χ0v) is 13.3. The largest absolute Gasteiger partial charge is 0.480 e. The standard InChI is InChI=1S/C16H12Cl2N2O3/c17-10-3-1-9(2-4-10)14-13(15(21)22)19-16(23)20(14)12-7-5-11(18)6-8-12/h1-8,13-14H,(H,19,23)(H,21,22). The fourth-order valence-electron chi connectivity index (χ4n) is 2.63. The van der Waals surface area contributed by atoms with Crippen LogP contribution in [0.1, 0.15) is 11.6 Å². The first kappa shape index (κ1) is 15.6. The second kappa shape index (κ2) is 6.10. The van der Waals surface area contributed by atoms with Crippen LogP contribution in [0.3, 0.4) is 0 Å². The number of nitrogens with zero attached hydrogens (tertiary/aromatic N) is 1. The highest BCUT2D eigenvalue weighted by Crippen LogP contribution is 2.35. The van der Waals surface area contributed by atoms with Gasteiger partial charge in [-0.2, -0.15) is 0 Å². The van der Waals surface area contributed by atoms with Gasteiger partial charge in [-0.25, -0.2) is 9.59 Å². The molecule has 0 aromatic heterocycles. The van der Waals surface area contributed by atoms with Crippen LogP contribution in [-0.2, 0) is 4.79 Å². The fourth-order valence-corrected chi connectivity index (χ4v) is 2.89. The summed E-state index contributed by atoms with van der Waals surface area (Å²) in [6.07, 6.45) is 0. The lowest BCUT2D eigenvalue weighted by molar-refractivity contribution is -0.139. The van der Waals surface area contributed by atoms with E-state index in [0.717, 1.165) is 0 Å². The number of rotatable bonds is 3. The lowest BCUT2D eigenvalue weighted by atomic mass is 9.99. The zero-order valence-electron chi connectivity index (χ0n) is 11.7. The highest BCUT2D eigenvalue weighted by Gasteiger charge is 2.45. The molecule has 0 radical (unpaired) electrons. The summed E-state index contributed by atoms with van der Waals surface area (Å²) in [5.41, 5.74) is 1.24. The molecule has 0 aliphatic carbocycles. The van der Waals surface area contributed by atoms with Crippen LogP contribution >= 0.6 is 23.2 Å². The van der Waals surface area contributed by atoms with Gasteiger partial charge in [0.15, 0.2) is 6.04 Å². The number of aliphatic carboxylic acids is 1. The molecular weight excluding hydrogens is 339 g/mol. The Labute approximate surface area is 142 Å². The monoisotopic (exact) mass is 350 g/mol. The van der Waals surface area contributed by atoms with Crippen LogP contribution in [0, 0.1) is 0 Å². The number of urea groups is 1. The third kappa shape index (κ3) is 2.98. The fraction of sp³-hybridized carbons (Fsp3) is 0.125. The van der Waals surface area contributed by atoms with Crippen molar-refractivity contribution in [2.24, 2.45) is 0 Å². The predicted molar refractivity (Wildman–Crippen MR) is 88.1 cm³/mol. The number of carbonyl (C=O) groups is 2. The van der Waals surface area contributed by atoms with Crippen LogP contribution in [0.2, 0.25) is 10.0 Å². The highest BCUT2D eigenvalue weighted by molar-refractivity contribution is 6.30.